The van der Waals surface area contributed by atoms with Crippen LogP contribution in [0.2, 0.25) is 0 Å². The van der Waals surface area contributed by atoms with E-state index in [4.69, 9.17) is 13.9 Å². The maximum Gasteiger partial charge on any atom is 0.287 e. The lowest BCUT2D eigenvalue weighted by molar-refractivity contribution is -0.116. The average molecular weight is 332 g/mol. The van der Waals surface area contributed by atoms with Crippen LogP contribution in [0.4, 0.5) is 5.69 Å². The number of hydrogen-bond acceptors (Lipinski definition) is 5. The first-order valence-electron chi connectivity index (χ1n) is 7.38. The van der Waals surface area contributed by atoms with E-state index in [1.807, 2.05) is 0 Å². The Morgan fingerprint density at radius 1 is 1.17 bits per heavy atom. The Morgan fingerprint density at radius 3 is 2.50 bits per heavy atom. The highest BCUT2D eigenvalue weighted by molar-refractivity contribution is 5.93. The molecule has 0 saturated carbocycles. The predicted molar refractivity (Wildman–Crippen MR) is 88.6 cm³/mol. The second kappa shape index (κ2) is 8.05. The van der Waals surface area contributed by atoms with Crippen molar-refractivity contribution in [1.82, 2.24) is 5.32 Å². The van der Waals surface area contributed by atoms with Gasteiger partial charge in [-0.3, -0.25) is 9.59 Å². The molecule has 24 heavy (non-hydrogen) atoms. The summed E-state index contributed by atoms with van der Waals surface area (Å²) in [5, 5.41) is 2.71. The van der Waals surface area contributed by atoms with Crippen LogP contribution in [0, 0.1) is 0 Å². The first kappa shape index (κ1) is 17.4. The van der Waals surface area contributed by atoms with E-state index in [0.717, 1.165) is 0 Å². The van der Waals surface area contributed by atoms with Gasteiger partial charge in [0.05, 0.1) is 20.5 Å². The monoisotopic (exact) mass is 332 g/mol. The van der Waals surface area contributed by atoms with E-state index < -0.39 is 0 Å². The van der Waals surface area contributed by atoms with Crippen molar-refractivity contribution in [3.63, 3.8) is 0 Å². The molecule has 0 fully saturated rings. The molecule has 0 unspecified atom stereocenters. The summed E-state index contributed by atoms with van der Waals surface area (Å²) in [6, 6.07) is 8.42. The lowest BCUT2D eigenvalue weighted by Crippen LogP contribution is -2.37. The highest BCUT2D eigenvalue weighted by Gasteiger charge is 2.15. The van der Waals surface area contributed by atoms with Gasteiger partial charge in [-0.15, -0.1) is 0 Å². The third-order valence-corrected chi connectivity index (χ3v) is 3.42. The summed E-state index contributed by atoms with van der Waals surface area (Å²) in [7, 11) is 3.08. The molecule has 2 aromatic rings. The van der Waals surface area contributed by atoms with Crippen LogP contribution in [-0.4, -0.2) is 39.1 Å². The summed E-state index contributed by atoms with van der Waals surface area (Å²) in [5.74, 6) is 0.873. The summed E-state index contributed by atoms with van der Waals surface area (Å²) in [6.45, 7) is 2.07. The number of carbonyl (C=O) groups excluding carboxylic acids is 2. The first-order valence-corrected chi connectivity index (χ1v) is 7.38. The van der Waals surface area contributed by atoms with Gasteiger partial charge in [-0.05, 0) is 24.3 Å². The maximum absolute atomic E-state index is 11.9. The van der Waals surface area contributed by atoms with Gasteiger partial charge in [-0.2, -0.15) is 0 Å². The molecule has 2 rings (SSSR count). The Morgan fingerprint density at radius 2 is 1.92 bits per heavy atom. The van der Waals surface area contributed by atoms with Crippen molar-refractivity contribution in [2.45, 2.75) is 6.92 Å². The van der Waals surface area contributed by atoms with Crippen molar-refractivity contribution in [3.8, 4) is 11.5 Å². The van der Waals surface area contributed by atoms with Gasteiger partial charge in [-0.1, -0.05) is 0 Å². The van der Waals surface area contributed by atoms with E-state index in [2.05, 4.69) is 5.32 Å². The maximum atomic E-state index is 11.9. The normalized spacial score (nSPS) is 10.1. The minimum atomic E-state index is -0.323. The molecule has 0 spiro atoms. The number of nitrogens with one attached hydrogen (secondary N) is 1. The minimum absolute atomic E-state index is 0.144. The molecule has 2 amide bonds. The zero-order valence-corrected chi connectivity index (χ0v) is 13.9. The summed E-state index contributed by atoms with van der Waals surface area (Å²) >= 11 is 0. The molecule has 0 bridgehead atoms. The molecular formula is C17H20N2O5. The van der Waals surface area contributed by atoms with Crippen LogP contribution in [-0.2, 0) is 4.79 Å². The lowest BCUT2D eigenvalue weighted by atomic mass is 10.2. The number of hydrogen-bond donors (Lipinski definition) is 1. The van der Waals surface area contributed by atoms with E-state index in [-0.39, 0.29) is 24.1 Å². The van der Waals surface area contributed by atoms with Gasteiger partial charge < -0.3 is 24.1 Å². The molecule has 1 heterocycles. The molecule has 0 radical (unpaired) electrons. The largest absolute Gasteiger partial charge is 0.493 e. The van der Waals surface area contributed by atoms with Crippen LogP contribution >= 0.6 is 0 Å². The Balaban J connectivity index is 2.04. The van der Waals surface area contributed by atoms with E-state index in [1.54, 1.807) is 42.3 Å². The van der Waals surface area contributed by atoms with Crippen molar-refractivity contribution in [3.05, 3.63) is 42.4 Å². The summed E-state index contributed by atoms with van der Waals surface area (Å²) in [4.78, 5) is 25.3. The second-order valence-electron chi connectivity index (χ2n) is 4.94. The fraction of sp³-hybridized carbons (Fsp3) is 0.294. The topological polar surface area (TPSA) is 81.0 Å². The molecule has 1 N–H and O–H groups in total. The zero-order valence-electron chi connectivity index (χ0n) is 13.9. The Kier molecular flexibility index (Phi) is 5.83. The van der Waals surface area contributed by atoms with Crippen molar-refractivity contribution in [2.75, 3.05) is 32.2 Å². The van der Waals surface area contributed by atoms with Crippen LogP contribution in [0.5, 0.6) is 11.5 Å². The number of benzene rings is 1. The molecule has 1 aromatic carbocycles. The second-order valence-corrected chi connectivity index (χ2v) is 4.94. The van der Waals surface area contributed by atoms with E-state index in [0.29, 0.717) is 23.7 Å². The standard InChI is InChI=1S/C17H20N2O5/c1-12(20)19(9-8-18-17(21)15-5-4-10-24-15)13-6-7-14(22-2)16(11-13)23-3/h4-7,10-11H,8-9H2,1-3H3,(H,18,21). The van der Waals surface area contributed by atoms with Crippen LogP contribution in [0.3, 0.4) is 0 Å². The van der Waals surface area contributed by atoms with Crippen LogP contribution < -0.4 is 19.7 Å². The highest BCUT2D eigenvalue weighted by atomic mass is 16.5. The highest BCUT2D eigenvalue weighted by Crippen LogP contribution is 2.31. The molecule has 0 aliphatic carbocycles. The molecule has 0 saturated heterocycles. The third kappa shape index (κ3) is 4.07. The van der Waals surface area contributed by atoms with Crippen molar-refractivity contribution in [1.29, 1.82) is 0 Å². The SMILES string of the molecule is COc1ccc(N(CCNC(=O)c2ccco2)C(C)=O)cc1OC. The Bertz CT molecular complexity index is 697. The molecule has 1 aromatic heterocycles. The van der Waals surface area contributed by atoms with E-state index >= 15 is 0 Å². The molecule has 7 heteroatoms. The van der Waals surface area contributed by atoms with Crippen molar-refractivity contribution in [2.24, 2.45) is 0 Å². The average Bonchev–Trinajstić information content (AvgIpc) is 3.12. The molecule has 0 aliphatic heterocycles. The first-order chi connectivity index (χ1) is 11.6. The molecule has 7 nitrogen and oxygen atoms in total. The minimum Gasteiger partial charge on any atom is -0.493 e. The van der Waals surface area contributed by atoms with Crippen LogP contribution in [0.1, 0.15) is 17.5 Å². The van der Waals surface area contributed by atoms with Gasteiger partial charge in [0, 0.05) is 31.8 Å². The number of furan rings is 1. The number of carbonyl (C=O) groups is 2. The fourth-order valence-electron chi connectivity index (χ4n) is 2.24. The van der Waals surface area contributed by atoms with Crippen LogP contribution in [0.25, 0.3) is 0 Å². The number of ether oxygens (including phenoxy) is 2. The van der Waals surface area contributed by atoms with Crippen molar-refractivity contribution < 1.29 is 23.5 Å². The summed E-state index contributed by atoms with van der Waals surface area (Å²) in [6.07, 6.45) is 1.43. The van der Waals surface area contributed by atoms with Gasteiger partial charge in [0.15, 0.2) is 17.3 Å². The number of anilines is 1. The zero-order chi connectivity index (χ0) is 17.5. The number of rotatable bonds is 7. The van der Waals surface area contributed by atoms with Gasteiger partial charge in [0.2, 0.25) is 5.91 Å². The smallest absolute Gasteiger partial charge is 0.287 e. The van der Waals surface area contributed by atoms with Crippen molar-refractivity contribution >= 4 is 17.5 Å². The fourth-order valence-corrected chi connectivity index (χ4v) is 2.24. The number of nitrogens with zero attached hydrogens (tertiary/aromatic N) is 1. The van der Waals surface area contributed by atoms with Gasteiger partial charge >= 0.3 is 0 Å². The Labute approximate surface area is 140 Å². The van der Waals surface area contributed by atoms with E-state index in [9.17, 15) is 9.59 Å². The quantitative estimate of drug-likeness (QED) is 0.839. The molecule has 0 atom stereocenters. The number of methoxy groups -OCH3 is 2. The predicted octanol–water partition coefficient (Wildman–Crippen LogP) is 2.08. The van der Waals surface area contributed by atoms with E-state index in [1.165, 1.54) is 20.3 Å². The van der Waals surface area contributed by atoms with Gasteiger partial charge in [0.25, 0.3) is 5.91 Å². The third-order valence-electron chi connectivity index (χ3n) is 3.42. The number of amides is 2. The van der Waals surface area contributed by atoms with Gasteiger partial charge in [0.1, 0.15) is 0 Å². The molecule has 0 aliphatic rings. The lowest BCUT2D eigenvalue weighted by Gasteiger charge is -2.22. The Hall–Kier alpha value is -2.96. The summed E-state index contributed by atoms with van der Waals surface area (Å²) in [5.41, 5.74) is 0.660. The molecule has 128 valence electrons. The molecular weight excluding hydrogens is 312 g/mol. The van der Waals surface area contributed by atoms with Gasteiger partial charge in [-0.25, -0.2) is 0 Å². The summed E-state index contributed by atoms with van der Waals surface area (Å²) < 4.78 is 15.5. The van der Waals surface area contributed by atoms with Crippen LogP contribution in [0.15, 0.2) is 41.0 Å².